The average Bonchev–Trinajstić information content (AvgIpc) is 3.44. The summed E-state index contributed by atoms with van der Waals surface area (Å²) in [6, 6.07) is 16.2. The van der Waals surface area contributed by atoms with Gasteiger partial charge in [0.15, 0.2) is 5.54 Å². The van der Waals surface area contributed by atoms with Crippen molar-refractivity contribution in [2.75, 3.05) is 18.0 Å². The molecule has 0 unspecified atom stereocenters. The fourth-order valence-electron chi connectivity index (χ4n) is 5.49. The average molecular weight is 508 g/mol. The normalized spacial score (nSPS) is 23.7. The predicted molar refractivity (Wildman–Crippen MR) is 140 cm³/mol. The summed E-state index contributed by atoms with van der Waals surface area (Å²) in [5, 5.41) is 3.20. The number of benzene rings is 2. The Kier molecular flexibility index (Phi) is 6.99. The lowest BCUT2D eigenvalue weighted by molar-refractivity contribution is -0.137. The first-order valence-corrected chi connectivity index (χ1v) is 14.3. The van der Waals surface area contributed by atoms with Crippen molar-refractivity contribution in [3.63, 3.8) is 0 Å². The van der Waals surface area contributed by atoms with Crippen molar-refractivity contribution in [1.82, 2.24) is 9.62 Å². The summed E-state index contributed by atoms with van der Waals surface area (Å²) in [7, 11) is -3.56. The minimum atomic E-state index is -3.56. The number of nitrogens with one attached hydrogen (secondary N) is 1. The summed E-state index contributed by atoms with van der Waals surface area (Å²) in [5.74, 6) is -0.350. The molecule has 1 saturated carbocycles. The Bertz CT molecular complexity index is 1230. The lowest BCUT2D eigenvalue weighted by Gasteiger charge is -2.49. The zero-order chi connectivity index (χ0) is 25.2. The number of carbonyl (C=O) groups excluding carboxylic acids is 2. The zero-order valence-electron chi connectivity index (χ0n) is 20.4. The fraction of sp³-hybridized carbons (Fsp3) is 0.429. The van der Waals surface area contributed by atoms with Crippen molar-refractivity contribution in [3.05, 3.63) is 66.2 Å². The van der Waals surface area contributed by atoms with E-state index in [1.165, 1.54) is 15.6 Å². The molecule has 0 bridgehead atoms. The van der Waals surface area contributed by atoms with Crippen molar-refractivity contribution in [1.29, 1.82) is 0 Å². The van der Waals surface area contributed by atoms with E-state index in [9.17, 15) is 18.0 Å². The van der Waals surface area contributed by atoms with Crippen LogP contribution >= 0.6 is 0 Å². The summed E-state index contributed by atoms with van der Waals surface area (Å²) < 4.78 is 27.4. The number of nitrogens with zero attached hydrogens (tertiary/aromatic N) is 2. The Morgan fingerprint density at radius 2 is 1.58 bits per heavy atom. The smallest absolute Gasteiger partial charge is 0.251 e. The van der Waals surface area contributed by atoms with Gasteiger partial charge >= 0.3 is 0 Å². The molecule has 2 aromatic carbocycles. The van der Waals surface area contributed by atoms with E-state index in [4.69, 9.17) is 0 Å². The molecule has 1 atom stereocenters. The largest absolute Gasteiger partial charge is 0.351 e. The molecule has 1 N–H and O–H groups in total. The molecule has 2 amide bonds. The topological polar surface area (TPSA) is 86.8 Å². The number of β-lactam (4-membered cyclic amide) rings is 1. The first-order valence-electron chi connectivity index (χ1n) is 12.9. The number of sulfonamides is 1. The molecule has 0 aromatic heterocycles. The number of amides is 2. The molecule has 3 fully saturated rings. The van der Waals surface area contributed by atoms with Gasteiger partial charge in [-0.25, -0.2) is 8.42 Å². The third-order valence-corrected chi connectivity index (χ3v) is 9.46. The summed E-state index contributed by atoms with van der Waals surface area (Å²) in [4.78, 5) is 28.4. The van der Waals surface area contributed by atoms with Gasteiger partial charge in [0.1, 0.15) is 0 Å². The fourth-order valence-corrected chi connectivity index (χ4v) is 7.00. The van der Waals surface area contributed by atoms with Gasteiger partial charge in [-0.05, 0) is 61.6 Å². The van der Waals surface area contributed by atoms with Gasteiger partial charge in [-0.1, -0.05) is 55.7 Å². The molecule has 36 heavy (non-hydrogen) atoms. The number of hydrogen-bond acceptors (Lipinski definition) is 4. The van der Waals surface area contributed by atoms with Gasteiger partial charge in [-0.15, -0.1) is 0 Å². The maximum absolute atomic E-state index is 13.7. The van der Waals surface area contributed by atoms with Gasteiger partial charge in [0.25, 0.3) is 5.91 Å². The lowest BCUT2D eigenvalue weighted by atomic mass is 9.80. The van der Waals surface area contributed by atoms with E-state index in [-0.39, 0.29) is 29.2 Å². The number of rotatable bonds is 7. The highest BCUT2D eigenvalue weighted by Gasteiger charge is 2.56. The van der Waals surface area contributed by atoms with Gasteiger partial charge < -0.3 is 5.32 Å². The van der Waals surface area contributed by atoms with Crippen molar-refractivity contribution < 1.29 is 18.0 Å². The number of hydrogen-bond donors (Lipinski definition) is 1. The molecular formula is C28H33N3O4S. The molecule has 2 saturated heterocycles. The molecule has 2 heterocycles. The Labute approximate surface area is 213 Å². The van der Waals surface area contributed by atoms with Gasteiger partial charge in [-0.2, -0.15) is 4.31 Å². The number of carbonyl (C=O) groups is 2. The quantitative estimate of drug-likeness (QED) is 0.572. The van der Waals surface area contributed by atoms with Gasteiger partial charge in [0, 0.05) is 24.8 Å². The van der Waals surface area contributed by atoms with E-state index in [0.717, 1.165) is 44.1 Å². The Morgan fingerprint density at radius 1 is 0.917 bits per heavy atom. The van der Waals surface area contributed by atoms with Gasteiger partial charge in [0.2, 0.25) is 15.9 Å². The first kappa shape index (κ1) is 24.7. The predicted octanol–water partition coefficient (Wildman–Crippen LogP) is 4.11. The van der Waals surface area contributed by atoms with Gasteiger partial charge in [-0.3, -0.25) is 14.5 Å². The Hall–Kier alpha value is -2.97. The van der Waals surface area contributed by atoms with Crippen LogP contribution < -0.4 is 10.2 Å². The highest BCUT2D eigenvalue weighted by Crippen LogP contribution is 2.40. The van der Waals surface area contributed by atoms with E-state index in [1.54, 1.807) is 24.3 Å². The first-order chi connectivity index (χ1) is 17.4. The van der Waals surface area contributed by atoms with Crippen molar-refractivity contribution >= 4 is 33.6 Å². The molecule has 5 rings (SSSR count). The van der Waals surface area contributed by atoms with E-state index in [0.29, 0.717) is 18.8 Å². The van der Waals surface area contributed by atoms with Crippen LogP contribution in [0, 0.1) is 0 Å². The van der Waals surface area contributed by atoms with Crippen LogP contribution in [0.25, 0.3) is 6.08 Å². The van der Waals surface area contributed by atoms with Crippen LogP contribution in [0.1, 0.15) is 56.9 Å². The molecule has 2 aromatic rings. The third kappa shape index (κ3) is 4.72. The zero-order valence-corrected chi connectivity index (χ0v) is 21.3. The summed E-state index contributed by atoms with van der Waals surface area (Å²) in [6.45, 7) is 1.06. The van der Waals surface area contributed by atoms with Crippen molar-refractivity contribution in [3.8, 4) is 0 Å². The molecule has 7 nitrogen and oxygen atoms in total. The SMILES string of the molecule is O=C1C[C@@](/C=C/c2ccccc2)(C(=O)NC2CCCCC2)N1c1ccc(S(=O)(=O)N2CCCC2)cc1. The molecule has 3 aliphatic rings. The Balaban J connectivity index is 1.45. The second-order valence-electron chi connectivity index (χ2n) is 9.99. The van der Waals surface area contributed by atoms with E-state index in [2.05, 4.69) is 5.32 Å². The Morgan fingerprint density at radius 3 is 2.22 bits per heavy atom. The summed E-state index contributed by atoms with van der Waals surface area (Å²) in [5.41, 5.74) is 0.302. The molecule has 0 spiro atoms. The lowest BCUT2D eigenvalue weighted by Crippen LogP contribution is -2.70. The minimum absolute atomic E-state index is 0.0721. The van der Waals surface area contributed by atoms with Crippen molar-refractivity contribution in [2.24, 2.45) is 0 Å². The van der Waals surface area contributed by atoms with Crippen LogP contribution in [-0.2, 0) is 19.6 Å². The van der Waals surface area contributed by atoms with Crippen LogP contribution in [0.15, 0.2) is 65.6 Å². The third-order valence-electron chi connectivity index (χ3n) is 7.55. The summed E-state index contributed by atoms with van der Waals surface area (Å²) in [6.07, 6.45) is 10.8. The highest BCUT2D eigenvalue weighted by molar-refractivity contribution is 7.89. The summed E-state index contributed by atoms with van der Waals surface area (Å²) >= 11 is 0. The second-order valence-corrected chi connectivity index (χ2v) is 11.9. The second kappa shape index (κ2) is 10.2. The maximum atomic E-state index is 13.7. The van der Waals surface area contributed by atoms with Crippen LogP contribution in [0.3, 0.4) is 0 Å². The standard InChI is InChI=1S/C28H33N3O4S/c32-26-21-28(18-17-22-9-3-1-4-10-22,27(33)29-23-11-5-2-6-12-23)31(26)24-13-15-25(16-14-24)36(34,35)30-19-7-8-20-30/h1,3-4,9-10,13-18,23H,2,5-8,11-12,19-21H2,(H,29,33)/b18-17+/t28-/m0/s1. The number of anilines is 1. The van der Waals surface area contributed by atoms with E-state index < -0.39 is 15.6 Å². The molecule has 0 radical (unpaired) electrons. The highest BCUT2D eigenvalue weighted by atomic mass is 32.2. The van der Waals surface area contributed by atoms with Crippen LogP contribution in [0.2, 0.25) is 0 Å². The van der Waals surface area contributed by atoms with Crippen molar-refractivity contribution in [2.45, 2.75) is 67.8 Å². The monoisotopic (exact) mass is 507 g/mol. The van der Waals surface area contributed by atoms with E-state index in [1.807, 2.05) is 42.5 Å². The minimum Gasteiger partial charge on any atom is -0.351 e. The van der Waals surface area contributed by atoms with Crippen LogP contribution in [0.5, 0.6) is 0 Å². The van der Waals surface area contributed by atoms with E-state index >= 15 is 0 Å². The van der Waals surface area contributed by atoms with Crippen LogP contribution in [0.4, 0.5) is 5.69 Å². The molecule has 2 aliphatic heterocycles. The van der Waals surface area contributed by atoms with Crippen LogP contribution in [-0.4, -0.2) is 49.2 Å². The molecular weight excluding hydrogens is 474 g/mol. The molecule has 1 aliphatic carbocycles. The molecule has 190 valence electrons. The molecule has 8 heteroatoms. The maximum Gasteiger partial charge on any atom is 0.251 e. The van der Waals surface area contributed by atoms with Gasteiger partial charge in [0.05, 0.1) is 11.3 Å².